The summed E-state index contributed by atoms with van der Waals surface area (Å²) in [7, 11) is -0.681. The van der Waals surface area contributed by atoms with E-state index in [0.29, 0.717) is 6.42 Å². The van der Waals surface area contributed by atoms with Crippen LogP contribution in [0.4, 0.5) is 0 Å². The largest absolute Gasteiger partial charge is 0.467 e. The lowest BCUT2D eigenvalue weighted by Gasteiger charge is -2.30. The van der Waals surface area contributed by atoms with Gasteiger partial charge >= 0.3 is 5.97 Å². The number of rotatable bonds is 6. The van der Waals surface area contributed by atoms with Crippen LogP contribution < -0.4 is 0 Å². The summed E-state index contributed by atoms with van der Waals surface area (Å²) in [6, 6.07) is -0.678. The van der Waals surface area contributed by atoms with Gasteiger partial charge in [0.2, 0.25) is 15.9 Å². The Labute approximate surface area is 132 Å². The van der Waals surface area contributed by atoms with Gasteiger partial charge < -0.3 is 9.64 Å². The molecule has 8 heteroatoms. The molecule has 1 amide bonds. The maximum atomic E-state index is 12.5. The summed E-state index contributed by atoms with van der Waals surface area (Å²) in [5.41, 5.74) is 0. The lowest BCUT2D eigenvalue weighted by molar-refractivity contribution is -0.155. The summed E-state index contributed by atoms with van der Waals surface area (Å²) in [4.78, 5) is 25.8. The standard InChI is InChI=1S/C14H24N2O5S/c1-6-22(19,20)16-8-7-11(9-16)13(17)15(4)12(10(2)3)14(18)21-5/h6,10-12H,1,7-9H2,2-5H3/t11-,12?/m0/s1. The van der Waals surface area contributed by atoms with E-state index in [2.05, 4.69) is 6.58 Å². The van der Waals surface area contributed by atoms with E-state index in [0.717, 1.165) is 5.41 Å². The van der Waals surface area contributed by atoms with Crippen molar-refractivity contribution in [3.8, 4) is 0 Å². The highest BCUT2D eigenvalue weighted by Gasteiger charge is 2.39. The first-order valence-electron chi connectivity index (χ1n) is 7.12. The van der Waals surface area contributed by atoms with E-state index >= 15 is 0 Å². The van der Waals surface area contributed by atoms with E-state index < -0.39 is 28.0 Å². The van der Waals surface area contributed by atoms with Gasteiger partial charge in [-0.25, -0.2) is 13.2 Å². The molecule has 0 radical (unpaired) electrons. The van der Waals surface area contributed by atoms with E-state index in [-0.39, 0.29) is 24.9 Å². The highest BCUT2D eigenvalue weighted by Crippen LogP contribution is 2.23. The van der Waals surface area contributed by atoms with Crippen LogP contribution in [-0.2, 0) is 24.3 Å². The summed E-state index contributed by atoms with van der Waals surface area (Å²) >= 11 is 0. The number of methoxy groups -OCH3 is 1. The van der Waals surface area contributed by atoms with Crippen molar-refractivity contribution in [2.24, 2.45) is 11.8 Å². The molecular weight excluding hydrogens is 308 g/mol. The maximum absolute atomic E-state index is 12.5. The minimum Gasteiger partial charge on any atom is -0.467 e. The summed E-state index contributed by atoms with van der Waals surface area (Å²) in [6.45, 7) is 7.33. The summed E-state index contributed by atoms with van der Waals surface area (Å²) < 4.78 is 29.5. The number of sulfonamides is 1. The van der Waals surface area contributed by atoms with Gasteiger partial charge in [0.05, 0.1) is 13.0 Å². The van der Waals surface area contributed by atoms with E-state index in [1.165, 1.54) is 16.3 Å². The van der Waals surface area contributed by atoms with Crippen LogP contribution in [0, 0.1) is 11.8 Å². The summed E-state index contributed by atoms with van der Waals surface area (Å²) in [6.07, 6.45) is 0.433. The normalized spacial score (nSPS) is 20.7. The molecule has 0 saturated carbocycles. The van der Waals surface area contributed by atoms with Crippen LogP contribution in [0.2, 0.25) is 0 Å². The van der Waals surface area contributed by atoms with E-state index in [1.807, 2.05) is 13.8 Å². The van der Waals surface area contributed by atoms with Gasteiger partial charge in [-0.2, -0.15) is 4.31 Å². The van der Waals surface area contributed by atoms with Gasteiger partial charge in [-0.05, 0) is 12.3 Å². The van der Waals surface area contributed by atoms with Crippen molar-refractivity contribution in [2.45, 2.75) is 26.3 Å². The first-order chi connectivity index (χ1) is 10.2. The van der Waals surface area contributed by atoms with Gasteiger partial charge in [-0.1, -0.05) is 20.4 Å². The number of amides is 1. The second-order valence-electron chi connectivity index (χ2n) is 5.72. The first-order valence-corrected chi connectivity index (χ1v) is 8.63. The van der Waals surface area contributed by atoms with Gasteiger partial charge in [0.25, 0.3) is 0 Å². The molecule has 1 fully saturated rings. The Hall–Kier alpha value is -1.41. The van der Waals surface area contributed by atoms with Crippen molar-refractivity contribution in [1.29, 1.82) is 0 Å². The van der Waals surface area contributed by atoms with Gasteiger partial charge in [0.15, 0.2) is 0 Å². The number of carbonyl (C=O) groups excluding carboxylic acids is 2. The molecule has 2 atom stereocenters. The zero-order valence-electron chi connectivity index (χ0n) is 13.5. The van der Waals surface area contributed by atoms with Gasteiger partial charge in [-0.3, -0.25) is 4.79 Å². The monoisotopic (exact) mass is 332 g/mol. The smallest absolute Gasteiger partial charge is 0.328 e. The Morgan fingerprint density at radius 3 is 2.45 bits per heavy atom. The lowest BCUT2D eigenvalue weighted by Crippen LogP contribution is -2.48. The average molecular weight is 332 g/mol. The number of hydrogen-bond acceptors (Lipinski definition) is 5. The quantitative estimate of drug-likeness (QED) is 0.659. The predicted molar refractivity (Wildman–Crippen MR) is 82.2 cm³/mol. The number of esters is 1. The molecule has 1 rings (SSSR count). The molecular formula is C14H24N2O5S. The number of likely N-dealkylation sites (N-methyl/N-ethyl adjacent to an activating group) is 1. The third-order valence-electron chi connectivity index (χ3n) is 3.91. The summed E-state index contributed by atoms with van der Waals surface area (Å²) in [5, 5.41) is 0.884. The molecule has 0 aromatic rings. The third-order valence-corrected chi connectivity index (χ3v) is 5.38. The van der Waals surface area contributed by atoms with Crippen molar-refractivity contribution < 1.29 is 22.7 Å². The Bertz CT molecular complexity index is 543. The third kappa shape index (κ3) is 3.86. The molecule has 1 heterocycles. The van der Waals surface area contributed by atoms with Gasteiger partial charge in [0, 0.05) is 25.5 Å². The second kappa shape index (κ2) is 7.23. The van der Waals surface area contributed by atoms with Gasteiger partial charge in [0.1, 0.15) is 6.04 Å². The van der Waals surface area contributed by atoms with E-state index in [9.17, 15) is 18.0 Å². The average Bonchev–Trinajstić information content (AvgIpc) is 2.96. The van der Waals surface area contributed by atoms with E-state index in [4.69, 9.17) is 4.74 Å². The molecule has 0 aliphatic carbocycles. The van der Waals surface area contributed by atoms with Crippen LogP contribution in [0.1, 0.15) is 20.3 Å². The minimum absolute atomic E-state index is 0.101. The van der Waals surface area contributed by atoms with Crippen molar-refractivity contribution >= 4 is 21.9 Å². The number of ether oxygens (including phenoxy) is 1. The zero-order valence-corrected chi connectivity index (χ0v) is 14.3. The van der Waals surface area contributed by atoms with Crippen LogP contribution >= 0.6 is 0 Å². The molecule has 1 aliphatic rings. The van der Waals surface area contributed by atoms with Crippen molar-refractivity contribution in [2.75, 3.05) is 27.2 Å². The fourth-order valence-corrected chi connectivity index (χ4v) is 3.65. The van der Waals surface area contributed by atoms with E-state index in [1.54, 1.807) is 7.05 Å². The summed E-state index contributed by atoms with van der Waals surface area (Å²) in [5.74, 6) is -1.27. The lowest BCUT2D eigenvalue weighted by atomic mass is 10.00. The molecule has 22 heavy (non-hydrogen) atoms. The van der Waals surface area contributed by atoms with Crippen LogP contribution in [0.5, 0.6) is 0 Å². The fraction of sp³-hybridized carbons (Fsp3) is 0.714. The van der Waals surface area contributed by atoms with Crippen LogP contribution in [0.25, 0.3) is 0 Å². The van der Waals surface area contributed by atoms with Crippen LogP contribution in [0.3, 0.4) is 0 Å². The molecule has 0 aromatic heterocycles. The molecule has 1 saturated heterocycles. The number of carbonyl (C=O) groups is 2. The molecule has 1 unspecified atom stereocenters. The molecule has 1 aliphatic heterocycles. The second-order valence-corrected chi connectivity index (χ2v) is 7.60. The minimum atomic E-state index is -3.51. The highest BCUT2D eigenvalue weighted by atomic mass is 32.2. The first kappa shape index (κ1) is 18.6. The number of nitrogens with zero attached hydrogens (tertiary/aromatic N) is 2. The topological polar surface area (TPSA) is 84.0 Å². The molecule has 7 nitrogen and oxygen atoms in total. The Balaban J connectivity index is 2.84. The molecule has 0 bridgehead atoms. The molecule has 126 valence electrons. The molecule has 0 aromatic carbocycles. The van der Waals surface area contributed by atoms with Gasteiger partial charge in [-0.15, -0.1) is 0 Å². The van der Waals surface area contributed by atoms with Crippen LogP contribution in [-0.4, -0.2) is 62.8 Å². The maximum Gasteiger partial charge on any atom is 0.328 e. The Kier molecular flexibility index (Phi) is 6.13. The van der Waals surface area contributed by atoms with Crippen molar-refractivity contribution in [1.82, 2.24) is 9.21 Å². The number of hydrogen-bond donors (Lipinski definition) is 0. The Morgan fingerprint density at radius 2 is 2.00 bits per heavy atom. The predicted octanol–water partition coefficient (Wildman–Crippen LogP) is 0.438. The zero-order chi connectivity index (χ0) is 17.1. The molecule has 0 spiro atoms. The highest BCUT2D eigenvalue weighted by molar-refractivity contribution is 7.92. The van der Waals surface area contributed by atoms with Crippen LogP contribution in [0.15, 0.2) is 12.0 Å². The molecule has 0 N–H and O–H groups in total. The SMILES string of the molecule is C=CS(=O)(=O)N1CC[C@H](C(=O)N(C)C(C(=O)OC)C(C)C)C1. The van der Waals surface area contributed by atoms with Crippen molar-refractivity contribution in [3.63, 3.8) is 0 Å². The van der Waals surface area contributed by atoms with Crippen molar-refractivity contribution in [3.05, 3.63) is 12.0 Å². The fourth-order valence-electron chi connectivity index (χ4n) is 2.69. The Morgan fingerprint density at radius 1 is 1.41 bits per heavy atom.